The van der Waals surface area contributed by atoms with Crippen LogP contribution >= 0.6 is 11.6 Å². The highest BCUT2D eigenvalue weighted by atomic mass is 35.5. The molecule has 24 heavy (non-hydrogen) atoms. The molecule has 3 heterocycles. The van der Waals surface area contributed by atoms with Crippen molar-refractivity contribution in [2.75, 3.05) is 18.0 Å². The van der Waals surface area contributed by atoms with Gasteiger partial charge in [-0.25, -0.2) is 4.98 Å². The number of aromatic nitrogens is 2. The summed E-state index contributed by atoms with van der Waals surface area (Å²) in [5.41, 5.74) is 0.293. The number of H-pyrrole nitrogens is 1. The monoisotopic (exact) mass is 355 g/mol. The molecule has 3 nitrogen and oxygen atoms in total. The molecule has 7 heteroatoms. The maximum absolute atomic E-state index is 13.5. The molecule has 2 aromatic rings. The van der Waals surface area contributed by atoms with Crippen LogP contribution in [0.25, 0.3) is 11.0 Å². The lowest BCUT2D eigenvalue weighted by Gasteiger charge is -2.33. The van der Waals surface area contributed by atoms with E-state index in [1.807, 2.05) is 4.90 Å². The molecule has 0 aliphatic carbocycles. The Hall–Kier alpha value is -1.87. The largest absolute Gasteiger partial charge is 0.434 e. The molecule has 0 atom stereocenters. The molecule has 0 saturated carbocycles. The number of hydrogen-bond donors (Lipinski definition) is 1. The Morgan fingerprint density at radius 3 is 2.50 bits per heavy atom. The first-order valence-electron chi connectivity index (χ1n) is 7.74. The number of nitrogens with zero attached hydrogens (tertiary/aromatic N) is 2. The zero-order valence-corrected chi connectivity index (χ0v) is 14.1. The third kappa shape index (κ3) is 2.71. The van der Waals surface area contributed by atoms with E-state index in [0.717, 1.165) is 12.8 Å². The Labute approximate surface area is 143 Å². The molecule has 1 fully saturated rings. The lowest BCUT2D eigenvalue weighted by atomic mass is 9.97. The third-order valence-corrected chi connectivity index (χ3v) is 5.00. The number of halogens is 4. The van der Waals surface area contributed by atoms with Crippen LogP contribution in [0.2, 0.25) is 5.02 Å². The summed E-state index contributed by atoms with van der Waals surface area (Å²) in [6.07, 6.45) is 2.63. The number of nitrogens with one attached hydrogen (secondary N) is 1. The number of anilines is 1. The van der Waals surface area contributed by atoms with Crippen molar-refractivity contribution >= 4 is 28.3 Å². The fraction of sp³-hybridized carbons (Fsp3) is 0.471. The lowest BCUT2D eigenvalue weighted by molar-refractivity contribution is -0.141. The Kier molecular flexibility index (Phi) is 4.16. The molecule has 128 valence electrons. The highest BCUT2D eigenvalue weighted by Gasteiger charge is 2.39. The molecule has 0 spiro atoms. The molecule has 0 aromatic carbocycles. The standard InChI is InChI=1S/C17H17ClF3N3/c1-4-11-15(24-7-5-9(2)6-8-24)14-13(12(18)10(3)22-14)23-16(11)17(19,20)21/h1,9,22H,5-8H2,2-3H3. The number of fused-ring (bicyclic) bond motifs is 1. The number of aromatic amines is 1. The van der Waals surface area contributed by atoms with Gasteiger partial charge in [-0.2, -0.15) is 13.2 Å². The molecule has 1 aliphatic rings. The van der Waals surface area contributed by atoms with Crippen LogP contribution in [0.4, 0.5) is 18.9 Å². The molecule has 3 rings (SSSR count). The van der Waals surface area contributed by atoms with Gasteiger partial charge in [0.15, 0.2) is 5.69 Å². The normalized spacial score (nSPS) is 16.6. The first-order valence-corrected chi connectivity index (χ1v) is 8.12. The molecule has 1 aliphatic heterocycles. The summed E-state index contributed by atoms with van der Waals surface area (Å²) in [6, 6.07) is 0. The number of alkyl halides is 3. The van der Waals surface area contributed by atoms with E-state index < -0.39 is 11.9 Å². The predicted molar refractivity (Wildman–Crippen MR) is 89.4 cm³/mol. The minimum absolute atomic E-state index is 0.120. The van der Waals surface area contributed by atoms with Gasteiger partial charge in [0, 0.05) is 18.8 Å². The van der Waals surface area contributed by atoms with Gasteiger partial charge in [0.1, 0.15) is 5.52 Å². The van der Waals surface area contributed by atoms with Crippen molar-refractivity contribution in [3.05, 3.63) is 22.0 Å². The van der Waals surface area contributed by atoms with Crippen LogP contribution in [0.3, 0.4) is 0 Å². The second-order valence-corrected chi connectivity index (χ2v) is 6.66. The van der Waals surface area contributed by atoms with E-state index in [-0.39, 0.29) is 16.1 Å². The van der Waals surface area contributed by atoms with Crippen molar-refractivity contribution in [2.45, 2.75) is 32.9 Å². The van der Waals surface area contributed by atoms with Crippen LogP contribution in [-0.4, -0.2) is 23.1 Å². The fourth-order valence-electron chi connectivity index (χ4n) is 3.16. The molecule has 2 aromatic heterocycles. The van der Waals surface area contributed by atoms with Crippen molar-refractivity contribution in [3.63, 3.8) is 0 Å². The number of terminal acetylenes is 1. The van der Waals surface area contributed by atoms with Crippen LogP contribution < -0.4 is 4.90 Å². The van der Waals surface area contributed by atoms with Gasteiger partial charge in [-0.3, -0.25) is 0 Å². The fourth-order valence-corrected chi connectivity index (χ4v) is 3.34. The van der Waals surface area contributed by atoms with Gasteiger partial charge in [0.2, 0.25) is 0 Å². The Bertz CT molecular complexity index is 824. The zero-order valence-electron chi connectivity index (χ0n) is 13.4. The minimum Gasteiger partial charge on any atom is -0.369 e. The number of pyridine rings is 1. The smallest absolute Gasteiger partial charge is 0.369 e. The van der Waals surface area contributed by atoms with E-state index in [9.17, 15) is 13.2 Å². The maximum atomic E-state index is 13.5. The first-order chi connectivity index (χ1) is 11.2. The zero-order chi connectivity index (χ0) is 17.6. The van der Waals surface area contributed by atoms with Crippen molar-refractivity contribution in [3.8, 4) is 12.3 Å². The lowest BCUT2D eigenvalue weighted by Crippen LogP contribution is -2.34. The van der Waals surface area contributed by atoms with E-state index in [0.29, 0.717) is 35.9 Å². The summed E-state index contributed by atoms with van der Waals surface area (Å²) in [5, 5.41) is 0.200. The predicted octanol–water partition coefficient (Wildman–Crippen LogP) is 4.76. The van der Waals surface area contributed by atoms with E-state index in [4.69, 9.17) is 18.0 Å². The molecular formula is C17H17ClF3N3. The third-order valence-electron chi connectivity index (χ3n) is 4.53. The molecule has 1 N–H and O–H groups in total. The van der Waals surface area contributed by atoms with Crippen LogP contribution in [0.5, 0.6) is 0 Å². The highest BCUT2D eigenvalue weighted by Crippen LogP contribution is 2.42. The molecule has 0 unspecified atom stereocenters. The van der Waals surface area contributed by atoms with Crippen LogP contribution in [0.15, 0.2) is 0 Å². The van der Waals surface area contributed by atoms with Gasteiger partial charge in [-0.15, -0.1) is 6.42 Å². The number of piperidine rings is 1. The molecule has 0 bridgehead atoms. The Morgan fingerprint density at radius 2 is 1.96 bits per heavy atom. The van der Waals surface area contributed by atoms with Crippen LogP contribution in [0.1, 0.15) is 36.7 Å². The molecule has 0 radical (unpaired) electrons. The first kappa shape index (κ1) is 17.0. The van der Waals surface area contributed by atoms with Crippen molar-refractivity contribution < 1.29 is 13.2 Å². The summed E-state index contributed by atoms with van der Waals surface area (Å²) in [7, 11) is 0. The summed E-state index contributed by atoms with van der Waals surface area (Å²) >= 11 is 6.16. The number of aryl methyl sites for hydroxylation is 1. The highest BCUT2D eigenvalue weighted by molar-refractivity contribution is 6.36. The minimum atomic E-state index is -4.64. The van der Waals surface area contributed by atoms with Crippen LogP contribution in [-0.2, 0) is 6.18 Å². The van der Waals surface area contributed by atoms with Crippen molar-refractivity contribution in [2.24, 2.45) is 5.92 Å². The van der Waals surface area contributed by atoms with E-state index in [1.165, 1.54) is 0 Å². The Morgan fingerprint density at radius 1 is 1.33 bits per heavy atom. The molecule has 0 amide bonds. The van der Waals surface area contributed by atoms with Gasteiger partial charge in [-0.1, -0.05) is 24.4 Å². The van der Waals surface area contributed by atoms with E-state index in [2.05, 4.69) is 22.8 Å². The van der Waals surface area contributed by atoms with Gasteiger partial charge in [0.25, 0.3) is 0 Å². The maximum Gasteiger partial charge on any atom is 0.434 e. The molecule has 1 saturated heterocycles. The SMILES string of the molecule is C#Cc1c(C(F)(F)F)nc2c(Cl)c(C)[nH]c2c1N1CCC(C)CC1. The van der Waals surface area contributed by atoms with Gasteiger partial charge < -0.3 is 9.88 Å². The second kappa shape index (κ2) is 5.89. The van der Waals surface area contributed by atoms with Gasteiger partial charge in [-0.05, 0) is 25.7 Å². The summed E-state index contributed by atoms with van der Waals surface area (Å²) < 4.78 is 40.4. The summed E-state index contributed by atoms with van der Waals surface area (Å²) in [5.74, 6) is 2.76. The Balaban J connectivity index is 2.32. The van der Waals surface area contributed by atoms with E-state index in [1.54, 1.807) is 6.92 Å². The number of rotatable bonds is 1. The van der Waals surface area contributed by atoms with Crippen LogP contribution in [0, 0.1) is 25.2 Å². The average molecular weight is 356 g/mol. The van der Waals surface area contributed by atoms with Gasteiger partial charge in [0.05, 0.1) is 21.8 Å². The number of hydrogen-bond acceptors (Lipinski definition) is 2. The molecular weight excluding hydrogens is 339 g/mol. The topological polar surface area (TPSA) is 31.9 Å². The van der Waals surface area contributed by atoms with Crippen molar-refractivity contribution in [1.29, 1.82) is 0 Å². The summed E-state index contributed by atoms with van der Waals surface area (Å²) in [6.45, 7) is 5.15. The average Bonchev–Trinajstić information content (AvgIpc) is 2.80. The quantitative estimate of drug-likeness (QED) is 0.748. The van der Waals surface area contributed by atoms with Gasteiger partial charge >= 0.3 is 6.18 Å². The second-order valence-electron chi connectivity index (χ2n) is 6.28. The van der Waals surface area contributed by atoms with Crippen molar-refractivity contribution in [1.82, 2.24) is 9.97 Å². The summed E-state index contributed by atoms with van der Waals surface area (Å²) in [4.78, 5) is 8.73. The van der Waals surface area contributed by atoms with E-state index >= 15 is 0 Å².